The number of nitrogens with two attached hydrogens (primary N) is 1. The molecular weight excluding hydrogens is 260 g/mol. The summed E-state index contributed by atoms with van der Waals surface area (Å²) in [4.78, 5) is 16.6. The molecule has 1 heterocycles. The van der Waals surface area contributed by atoms with E-state index in [1.54, 1.807) is 24.1 Å². The van der Waals surface area contributed by atoms with E-state index < -0.39 is 5.54 Å². The van der Waals surface area contributed by atoms with Crippen molar-refractivity contribution in [3.63, 3.8) is 0 Å². The lowest BCUT2D eigenvalue weighted by atomic mass is 9.77. The minimum absolute atomic E-state index is 0.164. The first-order chi connectivity index (χ1) is 8.94. The molecular formula is C13H20N4OS. The van der Waals surface area contributed by atoms with Crippen molar-refractivity contribution < 1.29 is 4.79 Å². The molecule has 0 bridgehead atoms. The van der Waals surface area contributed by atoms with Crippen LogP contribution in [0, 0.1) is 5.92 Å². The third-order valence-electron chi connectivity index (χ3n) is 4.00. The highest BCUT2D eigenvalue weighted by molar-refractivity contribution is 7.80. The van der Waals surface area contributed by atoms with E-state index in [1.165, 1.54) is 0 Å². The van der Waals surface area contributed by atoms with Crippen molar-refractivity contribution in [3.8, 4) is 0 Å². The van der Waals surface area contributed by atoms with Gasteiger partial charge in [0.25, 0.3) is 5.91 Å². The first kappa shape index (κ1) is 14.0. The molecule has 1 aliphatic carbocycles. The van der Waals surface area contributed by atoms with Crippen molar-refractivity contribution in [1.29, 1.82) is 0 Å². The average molecular weight is 280 g/mol. The summed E-state index contributed by atoms with van der Waals surface area (Å²) in [7, 11) is 1.79. The maximum atomic E-state index is 12.3. The van der Waals surface area contributed by atoms with Crippen LogP contribution in [0.1, 0.15) is 43.1 Å². The molecule has 1 aliphatic rings. The summed E-state index contributed by atoms with van der Waals surface area (Å²) in [6, 6.07) is 0. The van der Waals surface area contributed by atoms with E-state index in [4.69, 9.17) is 18.0 Å². The largest absolute Gasteiger partial charge is 0.391 e. The second-order valence-corrected chi connectivity index (χ2v) is 5.91. The van der Waals surface area contributed by atoms with E-state index in [1.807, 2.05) is 0 Å². The van der Waals surface area contributed by atoms with Crippen LogP contribution in [0.5, 0.6) is 0 Å². The molecule has 2 rings (SSSR count). The van der Waals surface area contributed by atoms with Crippen LogP contribution >= 0.6 is 12.2 Å². The zero-order chi connectivity index (χ0) is 14.0. The van der Waals surface area contributed by atoms with Crippen molar-refractivity contribution in [1.82, 2.24) is 14.9 Å². The highest BCUT2D eigenvalue weighted by atomic mass is 32.1. The van der Waals surface area contributed by atoms with E-state index in [0.717, 1.165) is 25.7 Å². The molecule has 1 fully saturated rings. The third kappa shape index (κ3) is 2.78. The van der Waals surface area contributed by atoms with E-state index >= 15 is 0 Å². The van der Waals surface area contributed by atoms with Crippen molar-refractivity contribution in [2.75, 3.05) is 0 Å². The van der Waals surface area contributed by atoms with Crippen molar-refractivity contribution in [2.24, 2.45) is 18.7 Å². The Morgan fingerprint density at radius 3 is 2.68 bits per heavy atom. The topological polar surface area (TPSA) is 72.9 Å². The molecule has 19 heavy (non-hydrogen) atoms. The molecule has 3 N–H and O–H groups in total. The molecule has 0 aliphatic heterocycles. The lowest BCUT2D eigenvalue weighted by Crippen LogP contribution is -2.58. The number of carbonyl (C=O) groups is 1. The first-order valence-corrected chi connectivity index (χ1v) is 6.94. The highest BCUT2D eigenvalue weighted by Crippen LogP contribution is 2.32. The summed E-state index contributed by atoms with van der Waals surface area (Å²) in [6.45, 7) is 2.21. The highest BCUT2D eigenvalue weighted by Gasteiger charge is 2.38. The Kier molecular flexibility index (Phi) is 3.89. The monoisotopic (exact) mass is 280 g/mol. The Morgan fingerprint density at radius 2 is 2.21 bits per heavy atom. The first-order valence-electron chi connectivity index (χ1n) is 6.53. The molecule has 0 aromatic carbocycles. The smallest absolute Gasteiger partial charge is 0.270 e. The third-order valence-corrected chi connectivity index (χ3v) is 4.39. The summed E-state index contributed by atoms with van der Waals surface area (Å²) in [5.74, 6) is 0.499. The number of rotatable bonds is 3. The number of nitrogens with zero attached hydrogens (tertiary/aromatic N) is 2. The maximum Gasteiger partial charge on any atom is 0.270 e. The number of nitrogens with one attached hydrogen (secondary N) is 1. The van der Waals surface area contributed by atoms with Gasteiger partial charge in [0.15, 0.2) is 0 Å². The zero-order valence-electron chi connectivity index (χ0n) is 11.3. The zero-order valence-corrected chi connectivity index (χ0v) is 12.2. The van der Waals surface area contributed by atoms with Crippen LogP contribution in [0.15, 0.2) is 12.5 Å². The normalized spacial score (nSPS) is 26.9. The maximum absolute atomic E-state index is 12.3. The van der Waals surface area contributed by atoms with Crippen LogP contribution in [0.3, 0.4) is 0 Å². The summed E-state index contributed by atoms with van der Waals surface area (Å²) in [6.07, 6.45) is 6.84. The van der Waals surface area contributed by atoms with Gasteiger partial charge in [0.1, 0.15) is 5.69 Å². The standard InChI is InChI=1S/C13H20N4OS/c1-9-3-5-13(6-4-9,12(14)19)16-11(18)10-7-15-8-17(10)2/h7-9H,3-6H2,1-2H3,(H2,14,19)(H,16,18). The lowest BCUT2D eigenvalue weighted by molar-refractivity contribution is 0.0892. The van der Waals surface area contributed by atoms with Gasteiger partial charge in [0, 0.05) is 7.05 Å². The van der Waals surface area contributed by atoms with Crippen molar-refractivity contribution in [3.05, 3.63) is 18.2 Å². The Morgan fingerprint density at radius 1 is 1.58 bits per heavy atom. The predicted molar refractivity (Wildman–Crippen MR) is 77.8 cm³/mol. The molecule has 6 heteroatoms. The summed E-state index contributed by atoms with van der Waals surface area (Å²) < 4.78 is 1.69. The number of hydrogen-bond acceptors (Lipinski definition) is 3. The second-order valence-electron chi connectivity index (χ2n) is 5.47. The predicted octanol–water partition coefficient (Wildman–Crippen LogP) is 1.38. The molecule has 0 saturated heterocycles. The van der Waals surface area contributed by atoms with Gasteiger partial charge in [-0.05, 0) is 31.6 Å². The minimum Gasteiger partial charge on any atom is -0.391 e. The molecule has 0 atom stereocenters. The Bertz CT molecular complexity index is 489. The van der Waals surface area contributed by atoms with Gasteiger partial charge < -0.3 is 15.6 Å². The molecule has 0 unspecified atom stereocenters. The summed E-state index contributed by atoms with van der Waals surface area (Å²) in [5, 5.41) is 3.03. The van der Waals surface area contributed by atoms with Crippen molar-refractivity contribution >= 4 is 23.1 Å². The fourth-order valence-electron chi connectivity index (χ4n) is 2.55. The number of amides is 1. The van der Waals surface area contributed by atoms with Crippen LogP contribution in [0.2, 0.25) is 0 Å². The molecule has 0 spiro atoms. The van der Waals surface area contributed by atoms with E-state index in [-0.39, 0.29) is 5.91 Å². The quantitative estimate of drug-likeness (QED) is 0.821. The summed E-state index contributed by atoms with van der Waals surface area (Å²) in [5.41, 5.74) is 5.87. The molecule has 1 saturated carbocycles. The minimum atomic E-state index is -0.538. The fourth-order valence-corrected chi connectivity index (χ4v) is 2.80. The molecule has 5 nitrogen and oxygen atoms in total. The van der Waals surface area contributed by atoms with E-state index in [9.17, 15) is 4.79 Å². The molecule has 1 aromatic rings. The van der Waals surface area contributed by atoms with Crippen LogP contribution in [-0.2, 0) is 7.05 Å². The van der Waals surface area contributed by atoms with E-state index in [0.29, 0.717) is 16.6 Å². The van der Waals surface area contributed by atoms with Gasteiger partial charge in [-0.1, -0.05) is 19.1 Å². The van der Waals surface area contributed by atoms with Gasteiger partial charge in [-0.3, -0.25) is 4.79 Å². The number of thiocarbonyl (C=S) groups is 1. The van der Waals surface area contributed by atoms with Crippen LogP contribution in [-0.4, -0.2) is 26.0 Å². The van der Waals surface area contributed by atoms with Gasteiger partial charge in [-0.2, -0.15) is 0 Å². The number of aryl methyl sites for hydroxylation is 1. The molecule has 0 radical (unpaired) electrons. The van der Waals surface area contributed by atoms with Crippen LogP contribution < -0.4 is 11.1 Å². The second kappa shape index (κ2) is 5.28. The molecule has 1 amide bonds. The Hall–Kier alpha value is -1.43. The number of carbonyl (C=O) groups excluding carboxylic acids is 1. The number of imidazole rings is 1. The Balaban J connectivity index is 2.16. The fraction of sp³-hybridized carbons (Fsp3) is 0.615. The van der Waals surface area contributed by atoms with Crippen molar-refractivity contribution in [2.45, 2.75) is 38.1 Å². The van der Waals surface area contributed by atoms with Gasteiger partial charge >= 0.3 is 0 Å². The molecule has 1 aromatic heterocycles. The summed E-state index contributed by atoms with van der Waals surface area (Å²) >= 11 is 5.19. The number of hydrogen-bond donors (Lipinski definition) is 2. The van der Waals surface area contributed by atoms with Crippen LogP contribution in [0.4, 0.5) is 0 Å². The van der Waals surface area contributed by atoms with Gasteiger partial charge in [0.05, 0.1) is 23.1 Å². The van der Waals surface area contributed by atoms with E-state index in [2.05, 4.69) is 17.2 Å². The van der Waals surface area contributed by atoms with Crippen LogP contribution in [0.25, 0.3) is 0 Å². The lowest BCUT2D eigenvalue weighted by Gasteiger charge is -2.39. The average Bonchev–Trinajstić information content (AvgIpc) is 2.78. The molecule has 104 valence electrons. The van der Waals surface area contributed by atoms with Gasteiger partial charge in [-0.15, -0.1) is 0 Å². The van der Waals surface area contributed by atoms with Gasteiger partial charge in [0.2, 0.25) is 0 Å². The van der Waals surface area contributed by atoms with Gasteiger partial charge in [-0.25, -0.2) is 4.98 Å². The Labute approximate surface area is 118 Å². The number of aromatic nitrogens is 2. The SMILES string of the molecule is CC1CCC(NC(=O)c2cncn2C)(C(N)=S)CC1.